The van der Waals surface area contributed by atoms with Crippen LogP contribution in [0.3, 0.4) is 0 Å². The van der Waals surface area contributed by atoms with E-state index in [0.717, 1.165) is 12.5 Å². The second-order valence-corrected chi connectivity index (χ2v) is 8.11. The maximum absolute atomic E-state index is 13.8. The number of benzene rings is 2. The summed E-state index contributed by atoms with van der Waals surface area (Å²) in [7, 11) is 3.89. The molecule has 1 aliphatic rings. The van der Waals surface area contributed by atoms with Crippen molar-refractivity contribution in [3.63, 3.8) is 0 Å². The molecule has 1 amide bonds. The Morgan fingerprint density at radius 2 is 1.94 bits per heavy atom. The topological polar surface area (TPSA) is 68.4 Å². The number of carbonyl (C=O) groups is 1. The van der Waals surface area contributed by atoms with Crippen LogP contribution in [0.5, 0.6) is 0 Å². The van der Waals surface area contributed by atoms with E-state index in [9.17, 15) is 22.8 Å². The van der Waals surface area contributed by atoms with E-state index in [1.54, 1.807) is 30.3 Å². The first kappa shape index (κ1) is 21.9. The smallest absolute Gasteiger partial charge is 0.370 e. The molecule has 2 N–H and O–H groups in total. The summed E-state index contributed by atoms with van der Waals surface area (Å²) in [5, 5.41) is 2.57. The Bertz CT molecular complexity index is 1220. The predicted molar refractivity (Wildman–Crippen MR) is 118 cm³/mol. The van der Waals surface area contributed by atoms with Crippen LogP contribution in [0.2, 0.25) is 0 Å². The van der Waals surface area contributed by atoms with Gasteiger partial charge in [-0.1, -0.05) is 12.1 Å². The third kappa shape index (κ3) is 4.20. The van der Waals surface area contributed by atoms with E-state index in [1.165, 1.54) is 12.3 Å². The van der Waals surface area contributed by atoms with Crippen molar-refractivity contribution < 1.29 is 18.0 Å². The largest absolute Gasteiger partial charge is 0.418 e. The van der Waals surface area contributed by atoms with Crippen LogP contribution in [0, 0.1) is 0 Å². The standard InChI is InChI=1S/C23H23F3N4O2/c1-29(2)15-9-10-30(13-15)14-7-8-20(18(11-14)23(24,25)26)28-22(32)17-12-27-19-6-4-3-5-16(19)21(17)31/h3-8,11-12,15H,9-10,13H2,1-2H3,(H,27,31)(H,28,32)/t15-/m0/s1. The highest BCUT2D eigenvalue weighted by molar-refractivity contribution is 6.06. The molecule has 1 saturated heterocycles. The number of halogens is 3. The molecule has 1 aliphatic heterocycles. The average Bonchev–Trinajstić information content (AvgIpc) is 3.24. The van der Waals surface area contributed by atoms with E-state index < -0.39 is 23.1 Å². The number of amides is 1. The minimum atomic E-state index is -4.67. The number of pyridine rings is 1. The minimum Gasteiger partial charge on any atom is -0.370 e. The predicted octanol–water partition coefficient (Wildman–Crippen LogP) is 3.94. The van der Waals surface area contributed by atoms with Crippen molar-refractivity contribution >= 4 is 28.2 Å². The van der Waals surface area contributed by atoms with Crippen molar-refractivity contribution in [1.82, 2.24) is 9.88 Å². The van der Waals surface area contributed by atoms with Gasteiger partial charge in [0, 0.05) is 41.9 Å². The fourth-order valence-corrected chi connectivity index (χ4v) is 4.00. The second kappa shape index (κ2) is 8.31. The summed E-state index contributed by atoms with van der Waals surface area (Å²) in [6, 6.07) is 10.7. The highest BCUT2D eigenvalue weighted by Crippen LogP contribution is 2.38. The molecule has 6 nitrogen and oxygen atoms in total. The molecular formula is C23H23F3N4O2. The van der Waals surface area contributed by atoms with Crippen molar-refractivity contribution in [3.05, 3.63) is 70.0 Å². The zero-order chi connectivity index (χ0) is 23.0. The van der Waals surface area contributed by atoms with E-state index in [2.05, 4.69) is 15.2 Å². The van der Waals surface area contributed by atoms with Crippen molar-refractivity contribution in [3.8, 4) is 0 Å². The number of H-pyrrole nitrogens is 1. The van der Waals surface area contributed by atoms with Gasteiger partial charge in [0.05, 0.1) is 11.3 Å². The van der Waals surface area contributed by atoms with Crippen molar-refractivity contribution in [2.24, 2.45) is 0 Å². The molecule has 2 aromatic carbocycles. The molecule has 0 radical (unpaired) electrons. The van der Waals surface area contributed by atoms with E-state index in [4.69, 9.17) is 0 Å². The number of nitrogens with zero attached hydrogens (tertiary/aromatic N) is 2. The van der Waals surface area contributed by atoms with Crippen LogP contribution in [-0.4, -0.2) is 49.0 Å². The fourth-order valence-electron chi connectivity index (χ4n) is 4.00. The second-order valence-electron chi connectivity index (χ2n) is 8.11. The number of carbonyl (C=O) groups excluding carboxylic acids is 1. The van der Waals surface area contributed by atoms with Gasteiger partial charge in [-0.2, -0.15) is 13.2 Å². The normalized spacial score (nSPS) is 16.7. The quantitative estimate of drug-likeness (QED) is 0.640. The van der Waals surface area contributed by atoms with Crippen LogP contribution >= 0.6 is 0 Å². The van der Waals surface area contributed by atoms with Crippen LogP contribution in [0.1, 0.15) is 22.3 Å². The number of para-hydroxylation sites is 1. The van der Waals surface area contributed by atoms with Gasteiger partial charge < -0.3 is 20.1 Å². The highest BCUT2D eigenvalue weighted by Gasteiger charge is 2.35. The van der Waals surface area contributed by atoms with Gasteiger partial charge in [-0.15, -0.1) is 0 Å². The number of rotatable bonds is 4. The molecule has 2 heterocycles. The monoisotopic (exact) mass is 444 g/mol. The molecular weight excluding hydrogens is 421 g/mol. The summed E-state index contributed by atoms with van der Waals surface area (Å²) in [5.74, 6) is -0.899. The van der Waals surface area contributed by atoms with Gasteiger partial charge in [-0.25, -0.2) is 0 Å². The molecule has 1 fully saturated rings. The summed E-state index contributed by atoms with van der Waals surface area (Å²) in [6.45, 7) is 1.28. The number of nitrogens with one attached hydrogen (secondary N) is 2. The number of alkyl halides is 3. The molecule has 0 bridgehead atoms. The molecule has 0 aliphatic carbocycles. The lowest BCUT2D eigenvalue weighted by Crippen LogP contribution is -2.31. The van der Waals surface area contributed by atoms with E-state index >= 15 is 0 Å². The summed E-state index contributed by atoms with van der Waals surface area (Å²) in [6.07, 6.45) is -2.60. The van der Waals surface area contributed by atoms with Crippen molar-refractivity contribution in [1.29, 1.82) is 0 Å². The molecule has 0 unspecified atom stereocenters. The molecule has 0 spiro atoms. The lowest BCUT2D eigenvalue weighted by atomic mass is 10.1. The summed E-state index contributed by atoms with van der Waals surface area (Å²) < 4.78 is 41.4. The number of aromatic amines is 1. The highest BCUT2D eigenvalue weighted by atomic mass is 19.4. The zero-order valence-electron chi connectivity index (χ0n) is 17.7. The number of fused-ring (bicyclic) bond motifs is 1. The number of likely N-dealkylation sites (N-methyl/N-ethyl adjacent to an activating group) is 1. The fraction of sp³-hybridized carbons (Fsp3) is 0.304. The van der Waals surface area contributed by atoms with Crippen molar-refractivity contribution in [2.75, 3.05) is 37.4 Å². The van der Waals surface area contributed by atoms with Gasteiger partial charge in [-0.3, -0.25) is 9.59 Å². The maximum Gasteiger partial charge on any atom is 0.418 e. The lowest BCUT2D eigenvalue weighted by molar-refractivity contribution is -0.136. The number of aromatic nitrogens is 1. The summed E-state index contributed by atoms with van der Waals surface area (Å²) in [4.78, 5) is 32.1. The molecule has 0 saturated carbocycles. The Hall–Kier alpha value is -3.33. The molecule has 1 aromatic heterocycles. The van der Waals surface area contributed by atoms with Gasteiger partial charge in [0.1, 0.15) is 5.56 Å². The molecule has 9 heteroatoms. The molecule has 1 atom stereocenters. The third-order valence-corrected chi connectivity index (χ3v) is 5.85. The van der Waals surface area contributed by atoms with Gasteiger partial charge in [0.25, 0.3) is 5.91 Å². The van der Waals surface area contributed by atoms with E-state index in [1.807, 2.05) is 19.0 Å². The molecule has 32 heavy (non-hydrogen) atoms. The maximum atomic E-state index is 13.8. The zero-order valence-corrected chi connectivity index (χ0v) is 17.7. The third-order valence-electron chi connectivity index (χ3n) is 5.85. The van der Waals surface area contributed by atoms with Gasteiger partial charge in [0.2, 0.25) is 5.43 Å². The van der Waals surface area contributed by atoms with Crippen LogP contribution in [-0.2, 0) is 6.18 Å². The summed E-state index contributed by atoms with van der Waals surface area (Å²) >= 11 is 0. The Morgan fingerprint density at radius 1 is 1.19 bits per heavy atom. The molecule has 4 rings (SSSR count). The number of hydrogen-bond acceptors (Lipinski definition) is 4. The Labute approximate surface area is 182 Å². The Balaban J connectivity index is 1.64. The first-order valence-corrected chi connectivity index (χ1v) is 10.2. The van der Waals surface area contributed by atoms with Crippen LogP contribution in [0.25, 0.3) is 10.9 Å². The van der Waals surface area contributed by atoms with E-state index in [-0.39, 0.29) is 22.7 Å². The molecule has 3 aromatic rings. The van der Waals surface area contributed by atoms with Crippen molar-refractivity contribution in [2.45, 2.75) is 18.6 Å². The lowest BCUT2D eigenvalue weighted by Gasteiger charge is -2.23. The number of anilines is 2. The first-order chi connectivity index (χ1) is 15.1. The van der Waals surface area contributed by atoms with Crippen LogP contribution in [0.15, 0.2) is 53.5 Å². The minimum absolute atomic E-state index is 0.255. The van der Waals surface area contributed by atoms with E-state index in [0.29, 0.717) is 24.3 Å². The number of hydrogen-bond donors (Lipinski definition) is 2. The Morgan fingerprint density at radius 3 is 2.62 bits per heavy atom. The van der Waals surface area contributed by atoms with Gasteiger partial charge >= 0.3 is 6.18 Å². The Kier molecular flexibility index (Phi) is 5.68. The molecule has 168 valence electrons. The van der Waals surface area contributed by atoms with Gasteiger partial charge in [0.15, 0.2) is 0 Å². The van der Waals surface area contributed by atoms with Gasteiger partial charge in [-0.05, 0) is 50.8 Å². The van der Waals surface area contributed by atoms with Crippen LogP contribution in [0.4, 0.5) is 24.5 Å². The van der Waals surface area contributed by atoms with Crippen LogP contribution < -0.4 is 15.6 Å². The SMILES string of the molecule is CN(C)[C@H]1CCN(c2ccc(NC(=O)c3c[nH]c4ccccc4c3=O)c(C(F)(F)F)c2)C1. The average molecular weight is 444 g/mol. The summed E-state index contributed by atoms with van der Waals surface area (Å²) in [5.41, 5.74) is -1.15. The first-order valence-electron chi connectivity index (χ1n) is 10.2.